The van der Waals surface area contributed by atoms with Crippen molar-refractivity contribution in [2.45, 2.75) is 12.8 Å². The molecule has 3 rings (SSSR count). The fourth-order valence-electron chi connectivity index (χ4n) is 1.99. The molecule has 1 N–H and O–H groups in total. The van der Waals surface area contributed by atoms with Crippen LogP contribution in [0.25, 0.3) is 5.69 Å². The molecule has 0 amide bonds. The van der Waals surface area contributed by atoms with Crippen molar-refractivity contribution in [1.29, 1.82) is 0 Å². The summed E-state index contributed by atoms with van der Waals surface area (Å²) in [4.78, 5) is 4.28. The Kier molecular flexibility index (Phi) is 1.42. The molecule has 70 valence electrons. The predicted molar refractivity (Wildman–Crippen MR) is 52.6 cm³/mol. The summed E-state index contributed by atoms with van der Waals surface area (Å²) < 4.78 is 2.08. The largest absolute Gasteiger partial charge is 0.508 e. The van der Waals surface area contributed by atoms with E-state index >= 15 is 0 Å². The van der Waals surface area contributed by atoms with Crippen LogP contribution < -0.4 is 0 Å². The van der Waals surface area contributed by atoms with Crippen molar-refractivity contribution in [3.05, 3.63) is 42.0 Å². The molecule has 0 fully saturated rings. The molecule has 1 aromatic carbocycles. The zero-order valence-electron chi connectivity index (χ0n) is 7.64. The molecule has 0 atom stereocenters. The Bertz CT molecular complexity index is 488. The summed E-state index contributed by atoms with van der Waals surface area (Å²) in [6, 6.07) is 5.49. The fraction of sp³-hybridized carbons (Fsp3) is 0.182. The van der Waals surface area contributed by atoms with E-state index in [4.69, 9.17) is 0 Å². The van der Waals surface area contributed by atoms with Crippen molar-refractivity contribution < 1.29 is 5.11 Å². The van der Waals surface area contributed by atoms with Gasteiger partial charge in [-0.2, -0.15) is 0 Å². The zero-order valence-corrected chi connectivity index (χ0v) is 7.64. The van der Waals surface area contributed by atoms with Crippen molar-refractivity contribution in [1.82, 2.24) is 9.55 Å². The van der Waals surface area contributed by atoms with E-state index in [2.05, 4.69) is 9.55 Å². The van der Waals surface area contributed by atoms with Gasteiger partial charge in [0.05, 0.1) is 5.69 Å². The van der Waals surface area contributed by atoms with Crippen LogP contribution in [-0.4, -0.2) is 14.7 Å². The number of hydrogen-bond acceptors (Lipinski definition) is 2. The number of phenolic OH excluding ortho intramolecular Hbond substituents is 1. The molecule has 0 spiro atoms. The highest BCUT2D eigenvalue weighted by Gasteiger charge is 2.15. The second-order valence-corrected chi connectivity index (χ2v) is 3.53. The summed E-state index contributed by atoms with van der Waals surface area (Å²) in [5, 5.41) is 9.36. The van der Waals surface area contributed by atoms with Gasteiger partial charge < -0.3 is 9.67 Å². The highest BCUT2D eigenvalue weighted by atomic mass is 16.3. The van der Waals surface area contributed by atoms with Gasteiger partial charge in [0.25, 0.3) is 0 Å². The second kappa shape index (κ2) is 2.61. The molecular formula is C11H10N2O. The molecule has 0 aliphatic carbocycles. The molecule has 0 unspecified atom stereocenters. The van der Waals surface area contributed by atoms with Crippen LogP contribution in [0.2, 0.25) is 0 Å². The SMILES string of the molecule is Oc1ccc2c(c1)CCc1nccn1-2. The van der Waals surface area contributed by atoms with E-state index in [1.165, 1.54) is 5.56 Å². The lowest BCUT2D eigenvalue weighted by Crippen LogP contribution is -2.11. The molecule has 2 heterocycles. The smallest absolute Gasteiger partial charge is 0.116 e. The maximum Gasteiger partial charge on any atom is 0.116 e. The topological polar surface area (TPSA) is 38.1 Å². The normalized spacial score (nSPS) is 13.4. The standard InChI is InChI=1S/C11H10N2O/c14-9-2-3-10-8(7-9)1-4-11-12-5-6-13(10)11/h2-3,5-7,14H,1,4H2. The molecule has 0 saturated heterocycles. The van der Waals surface area contributed by atoms with E-state index in [0.29, 0.717) is 5.75 Å². The number of aromatic hydroxyl groups is 1. The van der Waals surface area contributed by atoms with Gasteiger partial charge in [0.15, 0.2) is 0 Å². The maximum absolute atomic E-state index is 9.36. The third-order valence-corrected chi connectivity index (χ3v) is 2.66. The Balaban J connectivity index is 2.26. The Labute approximate surface area is 81.6 Å². The summed E-state index contributed by atoms with van der Waals surface area (Å²) >= 11 is 0. The summed E-state index contributed by atoms with van der Waals surface area (Å²) in [6.45, 7) is 0. The fourth-order valence-corrected chi connectivity index (χ4v) is 1.99. The number of benzene rings is 1. The first-order valence-electron chi connectivity index (χ1n) is 4.69. The van der Waals surface area contributed by atoms with Crippen LogP contribution in [0.15, 0.2) is 30.6 Å². The summed E-state index contributed by atoms with van der Waals surface area (Å²) in [6.07, 6.45) is 5.69. The highest BCUT2D eigenvalue weighted by molar-refractivity contribution is 5.48. The van der Waals surface area contributed by atoms with Gasteiger partial charge >= 0.3 is 0 Å². The average Bonchev–Trinajstić information content (AvgIpc) is 2.65. The van der Waals surface area contributed by atoms with Crippen molar-refractivity contribution in [2.75, 3.05) is 0 Å². The Morgan fingerprint density at radius 3 is 3.14 bits per heavy atom. The van der Waals surface area contributed by atoms with Crippen LogP contribution in [0.4, 0.5) is 0 Å². The summed E-state index contributed by atoms with van der Waals surface area (Å²) in [5.41, 5.74) is 2.33. The molecule has 0 bridgehead atoms. The predicted octanol–water partition coefficient (Wildman–Crippen LogP) is 1.68. The maximum atomic E-state index is 9.36. The molecule has 2 aromatic rings. The second-order valence-electron chi connectivity index (χ2n) is 3.53. The van der Waals surface area contributed by atoms with E-state index < -0.39 is 0 Å². The lowest BCUT2D eigenvalue weighted by molar-refractivity contribution is 0.474. The van der Waals surface area contributed by atoms with E-state index in [0.717, 1.165) is 24.4 Å². The van der Waals surface area contributed by atoms with E-state index in [1.807, 2.05) is 24.5 Å². The van der Waals surface area contributed by atoms with Gasteiger partial charge in [-0.05, 0) is 30.2 Å². The van der Waals surface area contributed by atoms with Crippen molar-refractivity contribution >= 4 is 0 Å². The number of nitrogens with zero attached hydrogens (tertiary/aromatic N) is 2. The Hall–Kier alpha value is -1.77. The van der Waals surface area contributed by atoms with Crippen LogP contribution in [0.1, 0.15) is 11.4 Å². The van der Waals surface area contributed by atoms with Crippen LogP contribution in [-0.2, 0) is 12.8 Å². The van der Waals surface area contributed by atoms with Crippen molar-refractivity contribution in [2.24, 2.45) is 0 Å². The van der Waals surface area contributed by atoms with E-state index in [1.54, 1.807) is 6.07 Å². The van der Waals surface area contributed by atoms with Gasteiger partial charge in [-0.15, -0.1) is 0 Å². The van der Waals surface area contributed by atoms with E-state index in [-0.39, 0.29) is 0 Å². The minimum Gasteiger partial charge on any atom is -0.508 e. The summed E-state index contributed by atoms with van der Waals surface area (Å²) in [5.74, 6) is 1.44. The molecule has 0 radical (unpaired) electrons. The van der Waals surface area contributed by atoms with Gasteiger partial charge in [0, 0.05) is 18.8 Å². The quantitative estimate of drug-likeness (QED) is 0.679. The first-order valence-corrected chi connectivity index (χ1v) is 4.69. The first kappa shape index (κ1) is 7.62. The minimum absolute atomic E-state index is 0.340. The zero-order chi connectivity index (χ0) is 9.54. The number of aromatic nitrogens is 2. The third-order valence-electron chi connectivity index (χ3n) is 2.66. The van der Waals surface area contributed by atoms with Gasteiger partial charge in [-0.25, -0.2) is 4.98 Å². The number of fused-ring (bicyclic) bond motifs is 3. The number of hydrogen-bond donors (Lipinski definition) is 1. The molecule has 0 saturated carbocycles. The molecular weight excluding hydrogens is 176 g/mol. The van der Waals surface area contributed by atoms with Gasteiger partial charge in [0.2, 0.25) is 0 Å². The van der Waals surface area contributed by atoms with Crippen LogP contribution >= 0.6 is 0 Å². The molecule has 3 heteroatoms. The van der Waals surface area contributed by atoms with Crippen molar-refractivity contribution in [3.63, 3.8) is 0 Å². The number of aryl methyl sites for hydroxylation is 2. The number of phenols is 1. The minimum atomic E-state index is 0.340. The van der Waals surface area contributed by atoms with Gasteiger partial charge in [-0.1, -0.05) is 0 Å². The summed E-state index contributed by atoms with van der Waals surface area (Å²) in [7, 11) is 0. The monoisotopic (exact) mass is 186 g/mol. The first-order chi connectivity index (χ1) is 6.84. The van der Waals surface area contributed by atoms with Crippen LogP contribution in [0, 0.1) is 0 Å². The highest BCUT2D eigenvalue weighted by Crippen LogP contribution is 2.26. The van der Waals surface area contributed by atoms with Crippen LogP contribution in [0.3, 0.4) is 0 Å². The lowest BCUT2D eigenvalue weighted by Gasteiger charge is -2.18. The molecule has 14 heavy (non-hydrogen) atoms. The van der Waals surface area contributed by atoms with Gasteiger partial charge in [-0.3, -0.25) is 0 Å². The third kappa shape index (κ3) is 0.954. The Morgan fingerprint density at radius 1 is 1.29 bits per heavy atom. The molecule has 1 aliphatic heterocycles. The number of imidazole rings is 1. The average molecular weight is 186 g/mol. The van der Waals surface area contributed by atoms with Gasteiger partial charge in [0.1, 0.15) is 11.6 Å². The van der Waals surface area contributed by atoms with Crippen LogP contribution in [0.5, 0.6) is 5.75 Å². The van der Waals surface area contributed by atoms with E-state index in [9.17, 15) is 5.11 Å². The Morgan fingerprint density at radius 2 is 2.21 bits per heavy atom. The van der Waals surface area contributed by atoms with Crippen molar-refractivity contribution in [3.8, 4) is 11.4 Å². The molecule has 1 aliphatic rings. The number of rotatable bonds is 0. The molecule has 1 aromatic heterocycles. The molecule has 3 nitrogen and oxygen atoms in total. The lowest BCUT2D eigenvalue weighted by atomic mass is 10.0.